The van der Waals surface area contributed by atoms with Gasteiger partial charge in [0.05, 0.1) is 0 Å². The number of hydrogen-bond acceptors (Lipinski definition) is 3. The van der Waals surface area contributed by atoms with Crippen molar-refractivity contribution in [2.24, 2.45) is 0 Å². The molecule has 5 rings (SSSR count). The summed E-state index contributed by atoms with van der Waals surface area (Å²) in [5.74, 6) is -0.319. The van der Waals surface area contributed by atoms with Gasteiger partial charge in [-0.05, 0) is 0 Å². The van der Waals surface area contributed by atoms with E-state index in [2.05, 4.69) is 61.6 Å². The molecule has 182 valence electrons. The number of benzene rings is 5. The minimum absolute atomic E-state index is 0.319. The van der Waals surface area contributed by atoms with Crippen LogP contribution in [0.5, 0.6) is 0 Å². The monoisotopic (exact) mass is 591 g/mol. The van der Waals surface area contributed by atoms with Gasteiger partial charge in [-0.1, -0.05) is 0 Å². The summed E-state index contributed by atoms with van der Waals surface area (Å²) < 4.78 is 10.1. The van der Waals surface area contributed by atoms with Crippen LogP contribution in [0.2, 0.25) is 0 Å². The van der Waals surface area contributed by atoms with Crippen molar-refractivity contribution in [3.63, 3.8) is 0 Å². The molecule has 0 heterocycles. The Morgan fingerprint density at radius 3 is 1.57 bits per heavy atom. The van der Waals surface area contributed by atoms with E-state index < -0.39 is 18.8 Å². The molecule has 0 aliphatic carbocycles. The van der Waals surface area contributed by atoms with Crippen molar-refractivity contribution in [2.45, 2.75) is 13.8 Å². The van der Waals surface area contributed by atoms with E-state index in [0.29, 0.717) is 5.56 Å². The second kappa shape index (κ2) is 11.1. The van der Waals surface area contributed by atoms with Crippen molar-refractivity contribution in [1.29, 1.82) is 0 Å². The van der Waals surface area contributed by atoms with Crippen LogP contribution in [0, 0.1) is 13.8 Å². The van der Waals surface area contributed by atoms with Crippen LogP contribution in [0.1, 0.15) is 21.5 Å². The quantitative estimate of drug-likeness (QED) is 0.241. The number of aryl methyl sites for hydroxylation is 1. The van der Waals surface area contributed by atoms with Crippen LogP contribution in [-0.2, 0) is 3.07 Å². The predicted octanol–water partition coefficient (Wildman–Crippen LogP) is 5.87. The molecule has 0 fully saturated rings. The molecule has 0 aromatic heterocycles. The van der Waals surface area contributed by atoms with Crippen LogP contribution in [0.4, 0.5) is 11.4 Å². The molecule has 3 nitrogen and oxygen atoms in total. The fourth-order valence-electron chi connectivity index (χ4n) is 4.69. The van der Waals surface area contributed by atoms with Crippen molar-refractivity contribution in [3.8, 4) is 0 Å². The maximum absolute atomic E-state index is 14.1. The van der Waals surface area contributed by atoms with E-state index in [9.17, 15) is 4.79 Å². The molecule has 0 amide bonds. The van der Waals surface area contributed by atoms with Gasteiger partial charge in [-0.25, -0.2) is 0 Å². The summed E-state index contributed by atoms with van der Waals surface area (Å²) in [5.41, 5.74) is 4.57. The summed E-state index contributed by atoms with van der Waals surface area (Å²) in [6.45, 7) is 4.17. The van der Waals surface area contributed by atoms with E-state index in [4.69, 9.17) is 3.07 Å². The zero-order chi connectivity index (χ0) is 25.7. The summed E-state index contributed by atoms with van der Waals surface area (Å²) >= 11 is -4.23. The van der Waals surface area contributed by atoms with Gasteiger partial charge in [0.25, 0.3) is 0 Å². The topological polar surface area (TPSA) is 38.3 Å². The van der Waals surface area contributed by atoms with Gasteiger partial charge in [0.1, 0.15) is 0 Å². The van der Waals surface area contributed by atoms with Crippen LogP contribution < -0.4 is 16.1 Å². The fourth-order valence-corrected chi connectivity index (χ4v) is 15.3. The van der Waals surface area contributed by atoms with E-state index >= 15 is 0 Å². The zero-order valence-electron chi connectivity index (χ0n) is 21.0. The van der Waals surface area contributed by atoms with E-state index in [1.54, 1.807) is 0 Å². The number of anilines is 2. The van der Waals surface area contributed by atoms with Gasteiger partial charge in [0, 0.05) is 0 Å². The predicted molar refractivity (Wildman–Crippen MR) is 155 cm³/mol. The van der Waals surface area contributed by atoms with Gasteiger partial charge in [0.15, 0.2) is 0 Å². The summed E-state index contributed by atoms with van der Waals surface area (Å²) in [6.07, 6.45) is 0. The van der Waals surface area contributed by atoms with Gasteiger partial charge >= 0.3 is 224 Å². The zero-order valence-corrected chi connectivity index (χ0v) is 23.9. The number of hydrogen-bond donors (Lipinski definition) is 1. The molecule has 1 N–H and O–H groups in total. The molecule has 0 aliphatic heterocycles. The summed E-state index contributed by atoms with van der Waals surface area (Å²) in [7, 11) is 0. The van der Waals surface area contributed by atoms with Gasteiger partial charge in [-0.2, -0.15) is 0 Å². The molecule has 0 radical (unpaired) electrons. The van der Waals surface area contributed by atoms with Crippen LogP contribution >= 0.6 is 0 Å². The third kappa shape index (κ3) is 5.05. The number of para-hydroxylation sites is 1. The van der Waals surface area contributed by atoms with E-state index in [1.165, 1.54) is 5.56 Å². The number of carbonyl (C=O) groups is 1. The Morgan fingerprint density at radius 1 is 0.568 bits per heavy atom. The Morgan fingerprint density at radius 2 is 1.03 bits per heavy atom. The Labute approximate surface area is 223 Å². The Balaban J connectivity index is 1.63. The molecule has 0 atom stereocenters. The molecule has 5 aromatic rings. The maximum atomic E-state index is 14.1. The van der Waals surface area contributed by atoms with E-state index in [0.717, 1.165) is 27.7 Å². The van der Waals surface area contributed by atoms with Gasteiger partial charge in [0.2, 0.25) is 0 Å². The Hall–Kier alpha value is -3.83. The molecule has 37 heavy (non-hydrogen) atoms. The molecular formula is C33H29NO2Sn. The van der Waals surface area contributed by atoms with E-state index in [1.807, 2.05) is 91.0 Å². The summed E-state index contributed by atoms with van der Waals surface area (Å²) in [4.78, 5) is 14.1. The first-order valence-corrected chi connectivity index (χ1v) is 17.9. The van der Waals surface area contributed by atoms with Crippen molar-refractivity contribution in [3.05, 3.63) is 150 Å². The van der Waals surface area contributed by atoms with Gasteiger partial charge < -0.3 is 0 Å². The standard InChI is InChI=1S/C15H15NO2.3C6H5.Sn/c1-10-6-5-9-13(11(10)2)16-14-8-4-3-7-12(14)15(17)18;3*1-2-4-6-5-3-1;/h3-9,16H,1-2H3,(H,17,18);3*1-5H;/q;;;;+1/p-1. The second-order valence-electron chi connectivity index (χ2n) is 9.09. The first kappa shape index (κ1) is 24.8. The molecular weight excluding hydrogens is 561 g/mol. The van der Waals surface area contributed by atoms with Crippen molar-refractivity contribution < 1.29 is 7.87 Å². The van der Waals surface area contributed by atoms with Crippen molar-refractivity contribution >= 4 is 46.9 Å². The molecule has 0 aliphatic rings. The van der Waals surface area contributed by atoms with Gasteiger partial charge in [-0.15, -0.1) is 0 Å². The molecule has 0 saturated carbocycles. The number of rotatable bonds is 7. The normalized spacial score (nSPS) is 11.1. The van der Waals surface area contributed by atoms with Crippen molar-refractivity contribution in [1.82, 2.24) is 0 Å². The Kier molecular flexibility index (Phi) is 7.42. The first-order chi connectivity index (χ1) is 18.1. The average molecular weight is 590 g/mol. The molecule has 0 spiro atoms. The SMILES string of the molecule is Cc1cccc(Nc2ccccc2C(=O)[O][Sn]([c]2ccccc2)([c]2ccccc2)[c]2ccccc2)c1C. The number of carbonyl (C=O) groups excluding carboxylic acids is 1. The molecule has 0 bridgehead atoms. The molecule has 4 heteroatoms. The third-order valence-electron chi connectivity index (χ3n) is 6.81. The van der Waals surface area contributed by atoms with Crippen LogP contribution in [0.3, 0.4) is 0 Å². The third-order valence-corrected chi connectivity index (χ3v) is 18.0. The van der Waals surface area contributed by atoms with Crippen LogP contribution in [0.25, 0.3) is 0 Å². The molecule has 0 saturated heterocycles. The summed E-state index contributed by atoms with van der Waals surface area (Å²) in [6, 6.07) is 44.5. The van der Waals surface area contributed by atoms with Crippen molar-refractivity contribution in [2.75, 3.05) is 5.32 Å². The summed E-state index contributed by atoms with van der Waals surface area (Å²) in [5, 5.41) is 3.49. The first-order valence-electron chi connectivity index (χ1n) is 12.4. The average Bonchev–Trinajstić information content (AvgIpc) is 2.96. The van der Waals surface area contributed by atoms with Gasteiger partial charge in [-0.3, -0.25) is 0 Å². The Bertz CT molecular complexity index is 1410. The van der Waals surface area contributed by atoms with Crippen LogP contribution in [-0.4, -0.2) is 24.8 Å². The van der Waals surface area contributed by atoms with E-state index in [-0.39, 0.29) is 5.97 Å². The second-order valence-corrected chi connectivity index (χ2v) is 18.5. The minimum atomic E-state index is -4.23. The fraction of sp³-hybridized carbons (Fsp3) is 0.0606. The van der Waals surface area contributed by atoms with Crippen LogP contribution in [0.15, 0.2) is 133 Å². The molecule has 5 aromatic carbocycles. The molecule has 0 unspecified atom stereocenters. The number of nitrogens with one attached hydrogen (secondary N) is 1.